The van der Waals surface area contributed by atoms with Gasteiger partial charge in [-0.2, -0.15) is 5.10 Å². The van der Waals surface area contributed by atoms with Crippen molar-refractivity contribution in [3.63, 3.8) is 0 Å². The maximum absolute atomic E-state index is 12.8. The predicted molar refractivity (Wildman–Crippen MR) is 43.5 cm³/mol. The molecule has 0 N–H and O–H groups in total. The van der Waals surface area contributed by atoms with Crippen molar-refractivity contribution in [1.29, 1.82) is 0 Å². The lowest BCUT2D eigenvalue weighted by molar-refractivity contribution is 0.507. The van der Waals surface area contributed by atoms with Crippen molar-refractivity contribution in [3.8, 4) is 5.69 Å². The molecule has 2 rings (SSSR count). The Labute approximate surface area is 73.4 Å². The van der Waals surface area contributed by atoms with Gasteiger partial charge in [0, 0.05) is 18.5 Å². The van der Waals surface area contributed by atoms with Crippen LogP contribution in [0, 0.1) is 11.6 Å². The van der Waals surface area contributed by atoms with Crippen molar-refractivity contribution >= 4 is 0 Å². The second-order valence-corrected chi connectivity index (χ2v) is 2.55. The molecule has 0 atom stereocenters. The maximum atomic E-state index is 12.8. The van der Waals surface area contributed by atoms with E-state index in [1.807, 2.05) is 0 Å². The smallest absolute Gasteiger partial charge is 0.160 e. The van der Waals surface area contributed by atoms with Crippen molar-refractivity contribution in [2.24, 2.45) is 0 Å². The molecule has 0 aliphatic rings. The van der Waals surface area contributed by atoms with Gasteiger partial charge in [-0.3, -0.25) is 0 Å². The van der Waals surface area contributed by atoms with Crippen LogP contribution in [0.1, 0.15) is 0 Å². The first kappa shape index (κ1) is 7.91. The zero-order valence-electron chi connectivity index (χ0n) is 6.61. The molecule has 4 heteroatoms. The summed E-state index contributed by atoms with van der Waals surface area (Å²) >= 11 is 0. The van der Waals surface area contributed by atoms with Crippen LogP contribution in [-0.2, 0) is 0 Å². The number of benzene rings is 1. The van der Waals surface area contributed by atoms with Crippen LogP contribution in [0.3, 0.4) is 0 Å². The number of hydrogen-bond acceptors (Lipinski definition) is 1. The lowest BCUT2D eigenvalue weighted by Crippen LogP contribution is -1.95. The van der Waals surface area contributed by atoms with E-state index in [1.54, 1.807) is 18.5 Å². The van der Waals surface area contributed by atoms with Gasteiger partial charge in [0.2, 0.25) is 0 Å². The number of nitrogens with zero attached hydrogens (tertiary/aromatic N) is 2. The third-order valence-electron chi connectivity index (χ3n) is 1.67. The summed E-state index contributed by atoms with van der Waals surface area (Å²) in [5.74, 6) is -1.72. The van der Waals surface area contributed by atoms with Crippen LogP contribution in [0.15, 0.2) is 36.7 Å². The van der Waals surface area contributed by atoms with E-state index >= 15 is 0 Å². The van der Waals surface area contributed by atoms with E-state index < -0.39 is 11.6 Å². The molecule has 1 aromatic heterocycles. The fourth-order valence-corrected chi connectivity index (χ4v) is 1.05. The zero-order valence-corrected chi connectivity index (χ0v) is 6.61. The molecular weight excluding hydrogens is 174 g/mol. The minimum absolute atomic E-state index is 0.504. The van der Waals surface area contributed by atoms with Crippen LogP contribution >= 0.6 is 0 Å². The Bertz CT molecular complexity index is 410. The van der Waals surface area contributed by atoms with Crippen molar-refractivity contribution in [3.05, 3.63) is 48.3 Å². The Morgan fingerprint density at radius 2 is 2.00 bits per heavy atom. The number of rotatable bonds is 1. The maximum Gasteiger partial charge on any atom is 0.160 e. The minimum atomic E-state index is -0.868. The van der Waals surface area contributed by atoms with Crippen LogP contribution in [0.4, 0.5) is 8.78 Å². The molecule has 0 saturated heterocycles. The molecule has 0 aliphatic carbocycles. The molecule has 0 amide bonds. The standard InChI is InChI=1S/C9H6F2N2/c10-8-3-2-7(6-9(8)11)13-5-1-4-12-13/h1-6H. The average Bonchev–Trinajstić information content (AvgIpc) is 2.62. The number of halogens is 2. The van der Waals surface area contributed by atoms with Gasteiger partial charge in [-0.15, -0.1) is 0 Å². The summed E-state index contributed by atoms with van der Waals surface area (Å²) in [5.41, 5.74) is 0.504. The van der Waals surface area contributed by atoms with Crippen molar-refractivity contribution < 1.29 is 8.78 Å². The monoisotopic (exact) mass is 180 g/mol. The van der Waals surface area contributed by atoms with E-state index in [9.17, 15) is 8.78 Å². The second-order valence-electron chi connectivity index (χ2n) is 2.55. The molecule has 0 radical (unpaired) electrons. The SMILES string of the molecule is Fc1ccc(-n2cccn2)cc1F. The summed E-state index contributed by atoms with van der Waals surface area (Å²) < 4.78 is 26.8. The van der Waals surface area contributed by atoms with Gasteiger partial charge >= 0.3 is 0 Å². The van der Waals surface area contributed by atoms with Gasteiger partial charge in [0.05, 0.1) is 5.69 Å². The van der Waals surface area contributed by atoms with Crippen molar-refractivity contribution in [2.45, 2.75) is 0 Å². The van der Waals surface area contributed by atoms with Crippen molar-refractivity contribution in [2.75, 3.05) is 0 Å². The lowest BCUT2D eigenvalue weighted by Gasteiger charge is -2.00. The quantitative estimate of drug-likeness (QED) is 0.657. The van der Waals surface area contributed by atoms with Gasteiger partial charge in [0.15, 0.2) is 11.6 Å². The van der Waals surface area contributed by atoms with Crippen LogP contribution < -0.4 is 0 Å². The van der Waals surface area contributed by atoms with E-state index in [0.717, 1.165) is 12.1 Å². The molecule has 0 fully saturated rings. The van der Waals surface area contributed by atoms with E-state index in [4.69, 9.17) is 0 Å². The zero-order chi connectivity index (χ0) is 9.26. The fraction of sp³-hybridized carbons (Fsp3) is 0. The predicted octanol–water partition coefficient (Wildman–Crippen LogP) is 2.15. The molecule has 0 aliphatic heterocycles. The molecule has 2 nitrogen and oxygen atoms in total. The van der Waals surface area contributed by atoms with Crippen LogP contribution in [0.25, 0.3) is 5.69 Å². The van der Waals surface area contributed by atoms with Crippen molar-refractivity contribution in [1.82, 2.24) is 9.78 Å². The Kier molecular flexibility index (Phi) is 1.81. The first-order valence-electron chi connectivity index (χ1n) is 3.72. The van der Waals surface area contributed by atoms with Crippen LogP contribution in [0.5, 0.6) is 0 Å². The highest BCUT2D eigenvalue weighted by molar-refractivity contribution is 5.31. The highest BCUT2D eigenvalue weighted by Crippen LogP contribution is 2.11. The van der Waals surface area contributed by atoms with Gasteiger partial charge in [-0.1, -0.05) is 0 Å². The Hall–Kier alpha value is -1.71. The van der Waals surface area contributed by atoms with Gasteiger partial charge in [0.25, 0.3) is 0 Å². The lowest BCUT2D eigenvalue weighted by atomic mass is 10.3. The van der Waals surface area contributed by atoms with Gasteiger partial charge in [-0.25, -0.2) is 13.5 Å². The first-order valence-corrected chi connectivity index (χ1v) is 3.72. The largest absolute Gasteiger partial charge is 0.241 e. The summed E-state index contributed by atoms with van der Waals surface area (Å²) in [6.07, 6.45) is 3.23. The Balaban J connectivity index is 2.49. The van der Waals surface area contributed by atoms with E-state index in [-0.39, 0.29) is 0 Å². The molecular formula is C9H6F2N2. The summed E-state index contributed by atoms with van der Waals surface area (Å²) in [5, 5.41) is 3.88. The fourth-order valence-electron chi connectivity index (χ4n) is 1.05. The molecule has 13 heavy (non-hydrogen) atoms. The average molecular weight is 180 g/mol. The number of aromatic nitrogens is 2. The molecule has 2 aromatic rings. The molecule has 0 bridgehead atoms. The minimum Gasteiger partial charge on any atom is -0.241 e. The third kappa shape index (κ3) is 1.42. The van der Waals surface area contributed by atoms with E-state index in [1.165, 1.54) is 10.7 Å². The second kappa shape index (κ2) is 2.97. The topological polar surface area (TPSA) is 17.8 Å². The Morgan fingerprint density at radius 3 is 2.62 bits per heavy atom. The van der Waals surface area contributed by atoms with E-state index in [0.29, 0.717) is 5.69 Å². The highest BCUT2D eigenvalue weighted by atomic mass is 19.2. The number of hydrogen-bond donors (Lipinski definition) is 0. The summed E-state index contributed by atoms with van der Waals surface area (Å²) in [4.78, 5) is 0. The van der Waals surface area contributed by atoms with Crippen LogP contribution in [0.2, 0.25) is 0 Å². The summed E-state index contributed by atoms with van der Waals surface area (Å²) in [6, 6.07) is 5.35. The molecule has 0 spiro atoms. The molecule has 0 saturated carbocycles. The Morgan fingerprint density at radius 1 is 1.15 bits per heavy atom. The van der Waals surface area contributed by atoms with Gasteiger partial charge < -0.3 is 0 Å². The third-order valence-corrected chi connectivity index (χ3v) is 1.67. The molecule has 66 valence electrons. The van der Waals surface area contributed by atoms with E-state index in [2.05, 4.69) is 5.10 Å². The summed E-state index contributed by atoms with van der Waals surface area (Å²) in [6.45, 7) is 0. The van der Waals surface area contributed by atoms with Gasteiger partial charge in [0.1, 0.15) is 0 Å². The molecule has 1 heterocycles. The first-order chi connectivity index (χ1) is 6.27. The summed E-state index contributed by atoms with van der Waals surface area (Å²) in [7, 11) is 0. The molecule has 1 aromatic carbocycles. The van der Waals surface area contributed by atoms with Crippen LogP contribution in [-0.4, -0.2) is 9.78 Å². The highest BCUT2D eigenvalue weighted by Gasteiger charge is 2.03. The normalized spacial score (nSPS) is 10.3. The molecule has 0 unspecified atom stereocenters. The van der Waals surface area contributed by atoms with Gasteiger partial charge in [-0.05, 0) is 18.2 Å².